The fourth-order valence-corrected chi connectivity index (χ4v) is 1.64. The average molecular weight is 283 g/mol. The van der Waals surface area contributed by atoms with Crippen LogP contribution in [0.25, 0.3) is 0 Å². The lowest BCUT2D eigenvalue weighted by molar-refractivity contribution is -0.119. The maximum atomic E-state index is 10.7. The number of carbonyl (C=O) groups excluding carboxylic acids is 1. The maximum absolute atomic E-state index is 10.7. The summed E-state index contributed by atoms with van der Waals surface area (Å²) >= 11 is 4.72. The molecular weight excluding hydrogens is 266 g/mol. The van der Waals surface area contributed by atoms with Gasteiger partial charge in [-0.3, -0.25) is 4.79 Å². The third-order valence-electron chi connectivity index (χ3n) is 2.42. The van der Waals surface area contributed by atoms with E-state index in [0.29, 0.717) is 11.3 Å². The van der Waals surface area contributed by atoms with Gasteiger partial charge in [-0.15, -0.1) is 0 Å². The number of amides is 1. The Morgan fingerprint density at radius 3 is 2.74 bits per heavy atom. The lowest BCUT2D eigenvalue weighted by Gasteiger charge is -2.19. The monoisotopic (exact) mass is 283 g/mol. The van der Waals surface area contributed by atoms with Crippen molar-refractivity contribution in [1.29, 1.82) is 0 Å². The summed E-state index contributed by atoms with van der Waals surface area (Å²) in [5.41, 5.74) is 6.47. The van der Waals surface area contributed by atoms with E-state index < -0.39 is 12.2 Å². The highest BCUT2D eigenvalue weighted by atomic mass is 32.1. The number of carbonyl (C=O) groups is 1. The van der Waals surface area contributed by atoms with Crippen LogP contribution in [0.3, 0.4) is 0 Å². The second-order valence-corrected chi connectivity index (χ2v) is 4.50. The number of aliphatic hydroxyl groups excluding tert-OH is 2. The van der Waals surface area contributed by atoms with Gasteiger partial charge in [-0.2, -0.15) is 0 Å². The molecule has 6 nitrogen and oxygen atoms in total. The summed E-state index contributed by atoms with van der Waals surface area (Å²) in [6, 6.07) is 6.72. The van der Waals surface area contributed by atoms with E-state index in [0.717, 1.165) is 0 Å². The first-order valence-electron chi connectivity index (χ1n) is 5.67. The van der Waals surface area contributed by atoms with Gasteiger partial charge in [-0.05, 0) is 29.9 Å². The molecule has 0 aliphatic rings. The van der Waals surface area contributed by atoms with Crippen LogP contribution in [-0.2, 0) is 4.79 Å². The van der Waals surface area contributed by atoms with Gasteiger partial charge in [0.05, 0.1) is 0 Å². The van der Waals surface area contributed by atoms with Gasteiger partial charge in [-0.25, -0.2) is 0 Å². The van der Waals surface area contributed by atoms with E-state index in [-0.39, 0.29) is 17.6 Å². The lowest BCUT2D eigenvalue weighted by Crippen LogP contribution is -2.34. The minimum absolute atomic E-state index is 0.0243. The molecule has 0 radical (unpaired) electrons. The predicted molar refractivity (Wildman–Crippen MR) is 76.5 cm³/mol. The molecule has 2 unspecified atom stereocenters. The smallest absolute Gasteiger partial charge is 0.216 e. The van der Waals surface area contributed by atoms with E-state index in [4.69, 9.17) is 18.0 Å². The first-order chi connectivity index (χ1) is 8.90. The fraction of sp³-hybridized carbons (Fsp3) is 0.333. The number of hydrogen-bond acceptors (Lipinski definition) is 4. The summed E-state index contributed by atoms with van der Waals surface area (Å²) in [6.45, 7) is 1.31. The number of benzene rings is 1. The Labute approximate surface area is 116 Å². The Morgan fingerprint density at radius 2 is 2.16 bits per heavy atom. The van der Waals surface area contributed by atoms with Gasteiger partial charge >= 0.3 is 0 Å². The van der Waals surface area contributed by atoms with Crippen molar-refractivity contribution in [2.24, 2.45) is 5.73 Å². The molecule has 1 aromatic carbocycles. The van der Waals surface area contributed by atoms with E-state index >= 15 is 0 Å². The van der Waals surface area contributed by atoms with Crippen LogP contribution in [0, 0.1) is 0 Å². The van der Waals surface area contributed by atoms with E-state index in [9.17, 15) is 15.0 Å². The van der Waals surface area contributed by atoms with Crippen molar-refractivity contribution in [3.05, 3.63) is 29.8 Å². The Morgan fingerprint density at radius 1 is 1.47 bits per heavy atom. The Balaban J connectivity index is 2.72. The van der Waals surface area contributed by atoms with Crippen molar-refractivity contribution in [3.8, 4) is 0 Å². The van der Waals surface area contributed by atoms with Crippen LogP contribution in [0.5, 0.6) is 0 Å². The quantitative estimate of drug-likeness (QED) is 0.482. The number of nitrogens with one attached hydrogen (secondary N) is 2. The molecule has 0 aromatic heterocycles. The molecule has 2 atom stereocenters. The van der Waals surface area contributed by atoms with E-state index in [2.05, 4.69) is 10.6 Å². The second kappa shape index (κ2) is 7.03. The highest BCUT2D eigenvalue weighted by Gasteiger charge is 2.18. The Kier molecular flexibility index (Phi) is 5.68. The fourth-order valence-electron chi connectivity index (χ4n) is 1.52. The normalized spacial score (nSPS) is 13.4. The van der Waals surface area contributed by atoms with E-state index in [1.807, 2.05) is 0 Å². The third-order valence-corrected chi connectivity index (χ3v) is 2.52. The van der Waals surface area contributed by atoms with Gasteiger partial charge in [0.25, 0.3) is 0 Å². The summed E-state index contributed by atoms with van der Waals surface area (Å²) in [5, 5.41) is 25.0. The number of hydrogen-bond donors (Lipinski definition) is 5. The molecule has 0 saturated carbocycles. The van der Waals surface area contributed by atoms with Crippen molar-refractivity contribution in [1.82, 2.24) is 5.32 Å². The molecule has 0 saturated heterocycles. The molecule has 0 spiro atoms. The van der Waals surface area contributed by atoms with Gasteiger partial charge in [0.1, 0.15) is 12.2 Å². The summed E-state index contributed by atoms with van der Waals surface area (Å²) in [4.78, 5) is 10.7. The molecule has 0 aliphatic carbocycles. The zero-order valence-corrected chi connectivity index (χ0v) is 11.3. The van der Waals surface area contributed by atoms with Crippen LogP contribution in [0.1, 0.15) is 18.6 Å². The van der Waals surface area contributed by atoms with Crippen molar-refractivity contribution in [2.45, 2.75) is 19.1 Å². The van der Waals surface area contributed by atoms with Gasteiger partial charge in [0.2, 0.25) is 5.91 Å². The minimum Gasteiger partial charge on any atom is -0.388 e. The number of thiocarbonyl (C=S) groups is 1. The molecule has 0 aliphatic heterocycles. The van der Waals surface area contributed by atoms with Crippen LogP contribution in [0.15, 0.2) is 24.3 Å². The summed E-state index contributed by atoms with van der Waals surface area (Å²) in [5.74, 6) is -0.268. The molecule has 19 heavy (non-hydrogen) atoms. The molecular formula is C12H17N3O3S. The number of anilines is 1. The van der Waals surface area contributed by atoms with Crippen molar-refractivity contribution in [3.63, 3.8) is 0 Å². The van der Waals surface area contributed by atoms with Crippen LogP contribution >= 0.6 is 12.2 Å². The van der Waals surface area contributed by atoms with Gasteiger partial charge in [-0.1, -0.05) is 12.1 Å². The van der Waals surface area contributed by atoms with Gasteiger partial charge < -0.3 is 26.6 Å². The maximum Gasteiger partial charge on any atom is 0.216 e. The van der Waals surface area contributed by atoms with Crippen LogP contribution < -0.4 is 16.4 Å². The molecule has 1 amide bonds. The zero-order valence-electron chi connectivity index (χ0n) is 10.5. The van der Waals surface area contributed by atoms with Crippen LogP contribution in [0.2, 0.25) is 0 Å². The second-order valence-electron chi connectivity index (χ2n) is 4.06. The minimum atomic E-state index is -1.11. The zero-order chi connectivity index (χ0) is 14.4. The third kappa shape index (κ3) is 5.21. The Bertz CT molecular complexity index is 467. The number of rotatable bonds is 5. The SMILES string of the molecule is CC(=O)NCC(O)C(O)c1cccc(NC(N)=S)c1. The van der Waals surface area contributed by atoms with Crippen LogP contribution in [0.4, 0.5) is 5.69 Å². The molecule has 0 fully saturated rings. The van der Waals surface area contributed by atoms with Crippen LogP contribution in [-0.4, -0.2) is 33.9 Å². The number of nitrogens with two attached hydrogens (primary N) is 1. The van der Waals surface area contributed by atoms with Crippen molar-refractivity contribution >= 4 is 28.9 Å². The topological polar surface area (TPSA) is 108 Å². The first kappa shape index (κ1) is 15.4. The van der Waals surface area contributed by atoms with Crippen molar-refractivity contribution < 1.29 is 15.0 Å². The first-order valence-corrected chi connectivity index (χ1v) is 6.08. The predicted octanol–water partition coefficient (Wildman–Crippen LogP) is -0.128. The highest BCUT2D eigenvalue weighted by molar-refractivity contribution is 7.80. The van der Waals surface area contributed by atoms with Crippen molar-refractivity contribution in [2.75, 3.05) is 11.9 Å². The number of aliphatic hydroxyl groups is 2. The summed E-state index contributed by atoms with van der Waals surface area (Å²) < 4.78 is 0. The summed E-state index contributed by atoms with van der Waals surface area (Å²) in [6.07, 6.45) is -2.20. The summed E-state index contributed by atoms with van der Waals surface area (Å²) in [7, 11) is 0. The van der Waals surface area contributed by atoms with E-state index in [1.165, 1.54) is 6.92 Å². The highest BCUT2D eigenvalue weighted by Crippen LogP contribution is 2.20. The van der Waals surface area contributed by atoms with E-state index in [1.54, 1.807) is 24.3 Å². The van der Waals surface area contributed by atoms with Gasteiger partial charge in [0.15, 0.2) is 5.11 Å². The largest absolute Gasteiger partial charge is 0.388 e. The molecule has 1 aromatic rings. The van der Waals surface area contributed by atoms with Gasteiger partial charge in [0, 0.05) is 19.2 Å². The average Bonchev–Trinajstić information content (AvgIpc) is 2.34. The molecule has 0 heterocycles. The standard InChI is InChI=1S/C12H17N3O3S/c1-7(16)14-6-10(17)11(18)8-3-2-4-9(5-8)15-12(13)19/h2-5,10-11,17-18H,6H2,1H3,(H,14,16)(H3,13,15,19). The molecule has 6 N–H and O–H groups in total. The molecule has 1 rings (SSSR count). The lowest BCUT2D eigenvalue weighted by atomic mass is 10.0. The molecule has 7 heteroatoms. The molecule has 104 valence electrons. The Hall–Kier alpha value is -1.70. The molecule has 0 bridgehead atoms.